The Morgan fingerprint density at radius 3 is 2.36 bits per heavy atom. The van der Waals surface area contributed by atoms with Crippen LogP contribution in [0.25, 0.3) is 0 Å². The maximum atomic E-state index is 12.4. The van der Waals surface area contributed by atoms with Crippen LogP contribution < -0.4 is 14.8 Å². The van der Waals surface area contributed by atoms with Crippen LogP contribution in [0.4, 0.5) is 13.2 Å². The van der Waals surface area contributed by atoms with Gasteiger partial charge in [-0.15, -0.1) is 25.6 Å². The molecule has 1 aliphatic rings. The summed E-state index contributed by atoms with van der Waals surface area (Å²) in [5.41, 5.74) is 0.905. The van der Waals surface area contributed by atoms with E-state index >= 15 is 0 Å². The maximum absolute atomic E-state index is 12.4. The second-order valence-corrected chi connectivity index (χ2v) is 6.38. The van der Waals surface area contributed by atoms with Gasteiger partial charge in [0.25, 0.3) is 0 Å². The predicted molar refractivity (Wildman–Crippen MR) is 93.6 cm³/mol. The van der Waals surface area contributed by atoms with Crippen molar-refractivity contribution in [2.45, 2.75) is 32.7 Å². The molecule has 0 aromatic heterocycles. The van der Waals surface area contributed by atoms with Gasteiger partial charge in [-0.05, 0) is 18.4 Å². The highest BCUT2D eigenvalue weighted by atomic mass is 35.5. The van der Waals surface area contributed by atoms with E-state index in [2.05, 4.69) is 28.8 Å². The Balaban J connectivity index is 0.00000312. The van der Waals surface area contributed by atoms with E-state index in [1.807, 2.05) is 0 Å². The fourth-order valence-electron chi connectivity index (χ4n) is 3.08. The average molecular weight is 383 g/mol. The number of nitrogens with zero attached hydrogens (tertiary/aromatic N) is 1. The summed E-state index contributed by atoms with van der Waals surface area (Å²) < 4.78 is 46.6. The molecule has 144 valence electrons. The summed E-state index contributed by atoms with van der Waals surface area (Å²) in [7, 11) is 1.47. The number of benzene rings is 1. The molecule has 0 aliphatic carbocycles. The summed E-state index contributed by atoms with van der Waals surface area (Å²) >= 11 is 0. The zero-order valence-electron chi connectivity index (χ0n) is 14.7. The van der Waals surface area contributed by atoms with Crippen LogP contribution >= 0.6 is 12.4 Å². The average Bonchev–Trinajstić information content (AvgIpc) is 2.52. The normalized spacial score (nSPS) is 17.1. The first-order valence-corrected chi connectivity index (χ1v) is 8.18. The lowest BCUT2D eigenvalue weighted by molar-refractivity contribution is -0.274. The van der Waals surface area contributed by atoms with Crippen molar-refractivity contribution in [3.05, 3.63) is 23.8 Å². The van der Waals surface area contributed by atoms with Crippen molar-refractivity contribution in [3.8, 4) is 11.5 Å². The molecule has 0 radical (unpaired) electrons. The van der Waals surface area contributed by atoms with Gasteiger partial charge in [0.2, 0.25) is 0 Å². The van der Waals surface area contributed by atoms with Crippen LogP contribution in [0.15, 0.2) is 18.2 Å². The lowest BCUT2D eigenvalue weighted by Crippen LogP contribution is -2.45. The number of rotatable bonds is 6. The fourth-order valence-corrected chi connectivity index (χ4v) is 3.08. The molecule has 1 aliphatic heterocycles. The molecule has 1 N–H and O–H groups in total. The van der Waals surface area contributed by atoms with E-state index in [0.29, 0.717) is 11.7 Å². The van der Waals surface area contributed by atoms with E-state index in [1.54, 1.807) is 6.07 Å². The molecule has 25 heavy (non-hydrogen) atoms. The van der Waals surface area contributed by atoms with Crippen LogP contribution in [0.3, 0.4) is 0 Å². The molecular weight excluding hydrogens is 357 g/mol. The van der Waals surface area contributed by atoms with E-state index in [1.165, 1.54) is 19.2 Å². The number of methoxy groups -OCH3 is 1. The number of nitrogens with one attached hydrogen (secondary N) is 1. The summed E-state index contributed by atoms with van der Waals surface area (Å²) in [5.74, 6) is 0.633. The second kappa shape index (κ2) is 9.50. The first kappa shape index (κ1) is 21.9. The van der Waals surface area contributed by atoms with Gasteiger partial charge in [-0.25, -0.2) is 0 Å². The van der Waals surface area contributed by atoms with Crippen LogP contribution in [0.1, 0.15) is 31.9 Å². The molecule has 8 heteroatoms. The molecule has 1 fully saturated rings. The second-order valence-electron chi connectivity index (χ2n) is 6.38. The molecule has 2 rings (SSSR count). The van der Waals surface area contributed by atoms with Gasteiger partial charge in [0, 0.05) is 43.9 Å². The number of ether oxygens (including phenoxy) is 2. The molecule has 1 saturated heterocycles. The Labute approximate surface area is 153 Å². The largest absolute Gasteiger partial charge is 0.573 e. The molecule has 1 aromatic rings. The molecular formula is C17H26ClF3N2O2. The van der Waals surface area contributed by atoms with Crippen molar-refractivity contribution in [3.63, 3.8) is 0 Å². The highest BCUT2D eigenvalue weighted by Gasteiger charge is 2.32. The molecule has 0 bridgehead atoms. The van der Waals surface area contributed by atoms with Gasteiger partial charge < -0.3 is 14.8 Å². The van der Waals surface area contributed by atoms with E-state index in [9.17, 15) is 13.2 Å². The summed E-state index contributed by atoms with van der Waals surface area (Å²) in [4.78, 5) is 2.36. The van der Waals surface area contributed by atoms with Gasteiger partial charge in [-0.2, -0.15) is 0 Å². The number of piperazine rings is 1. The minimum atomic E-state index is -4.71. The summed E-state index contributed by atoms with van der Waals surface area (Å²) in [5, 5.41) is 3.32. The zero-order chi connectivity index (χ0) is 17.7. The molecule has 1 atom stereocenters. The monoisotopic (exact) mass is 382 g/mol. The van der Waals surface area contributed by atoms with E-state index in [-0.39, 0.29) is 24.2 Å². The summed E-state index contributed by atoms with van der Waals surface area (Å²) in [6.45, 7) is 7.91. The third-order valence-electron chi connectivity index (χ3n) is 4.08. The lowest BCUT2D eigenvalue weighted by Gasteiger charge is -2.36. The van der Waals surface area contributed by atoms with Gasteiger partial charge >= 0.3 is 6.36 Å². The summed E-state index contributed by atoms with van der Waals surface area (Å²) in [6, 6.07) is 4.48. The molecule has 1 heterocycles. The van der Waals surface area contributed by atoms with Crippen LogP contribution in [0, 0.1) is 5.92 Å². The Bertz CT molecular complexity index is 535. The van der Waals surface area contributed by atoms with Gasteiger partial charge in [0.05, 0.1) is 7.11 Å². The van der Waals surface area contributed by atoms with Crippen LogP contribution in [-0.4, -0.2) is 44.6 Å². The number of halogens is 4. The SMILES string of the molecule is COc1cc(OC(F)(F)F)ccc1[C@@H](CC(C)C)N1CCNCC1.Cl. The Morgan fingerprint density at radius 1 is 1.20 bits per heavy atom. The van der Waals surface area contributed by atoms with Gasteiger partial charge in [-0.1, -0.05) is 19.9 Å². The number of hydrogen-bond acceptors (Lipinski definition) is 4. The van der Waals surface area contributed by atoms with Crippen LogP contribution in [0.2, 0.25) is 0 Å². The molecule has 0 saturated carbocycles. The standard InChI is InChI=1S/C17H25F3N2O2.ClH/c1-12(2)10-15(22-8-6-21-7-9-22)14-5-4-13(11-16(14)23-3)24-17(18,19)20;/h4-5,11-12,15,21H,6-10H2,1-3H3;1H/t15-;/m1./s1. The van der Waals surface area contributed by atoms with Crippen molar-refractivity contribution in [1.82, 2.24) is 10.2 Å². The van der Waals surface area contributed by atoms with Crippen molar-refractivity contribution in [1.29, 1.82) is 0 Å². The highest BCUT2D eigenvalue weighted by Crippen LogP contribution is 2.37. The predicted octanol–water partition coefficient (Wildman–Crippen LogP) is 4.01. The quantitative estimate of drug-likeness (QED) is 0.806. The van der Waals surface area contributed by atoms with Crippen LogP contribution in [-0.2, 0) is 0 Å². The van der Waals surface area contributed by atoms with Gasteiger partial charge in [-0.3, -0.25) is 4.90 Å². The Hall–Kier alpha value is -1.18. The van der Waals surface area contributed by atoms with Crippen molar-refractivity contribution in [2.75, 3.05) is 33.3 Å². The smallest absolute Gasteiger partial charge is 0.496 e. The Morgan fingerprint density at radius 2 is 1.84 bits per heavy atom. The minimum Gasteiger partial charge on any atom is -0.496 e. The van der Waals surface area contributed by atoms with Gasteiger partial charge in [0.1, 0.15) is 11.5 Å². The highest BCUT2D eigenvalue weighted by molar-refractivity contribution is 5.85. The molecule has 0 spiro atoms. The first-order chi connectivity index (χ1) is 11.3. The molecule has 4 nitrogen and oxygen atoms in total. The first-order valence-electron chi connectivity index (χ1n) is 8.18. The van der Waals surface area contributed by atoms with Crippen molar-refractivity contribution < 1.29 is 22.6 Å². The lowest BCUT2D eigenvalue weighted by atomic mass is 9.94. The number of alkyl halides is 3. The molecule has 0 amide bonds. The number of hydrogen-bond donors (Lipinski definition) is 1. The Kier molecular flexibility index (Phi) is 8.31. The topological polar surface area (TPSA) is 33.7 Å². The molecule has 1 aromatic carbocycles. The summed E-state index contributed by atoms with van der Waals surface area (Å²) in [6.07, 6.45) is -3.79. The zero-order valence-corrected chi connectivity index (χ0v) is 15.5. The van der Waals surface area contributed by atoms with E-state index in [4.69, 9.17) is 4.74 Å². The van der Waals surface area contributed by atoms with Gasteiger partial charge in [0.15, 0.2) is 0 Å². The van der Waals surface area contributed by atoms with E-state index < -0.39 is 6.36 Å². The van der Waals surface area contributed by atoms with Crippen molar-refractivity contribution in [2.24, 2.45) is 5.92 Å². The third kappa shape index (κ3) is 6.56. The van der Waals surface area contributed by atoms with Crippen LogP contribution in [0.5, 0.6) is 11.5 Å². The fraction of sp³-hybridized carbons (Fsp3) is 0.647. The molecule has 0 unspecified atom stereocenters. The third-order valence-corrected chi connectivity index (χ3v) is 4.08. The van der Waals surface area contributed by atoms with Crippen molar-refractivity contribution >= 4 is 12.4 Å². The minimum absolute atomic E-state index is 0. The maximum Gasteiger partial charge on any atom is 0.573 e. The van der Waals surface area contributed by atoms with E-state index in [0.717, 1.165) is 38.2 Å².